The summed E-state index contributed by atoms with van der Waals surface area (Å²) < 4.78 is 0. The van der Waals surface area contributed by atoms with Gasteiger partial charge in [-0.05, 0) is 26.7 Å². The Morgan fingerprint density at radius 3 is 1.22 bits per heavy atom. The molecule has 2 N–H and O–H groups in total. The zero-order valence-corrected chi connectivity index (χ0v) is 6.91. The summed E-state index contributed by atoms with van der Waals surface area (Å²) in [5.74, 6) is 0. The van der Waals surface area contributed by atoms with Gasteiger partial charge < -0.3 is 5.48 Å². The minimum absolute atomic E-state index is 0. The topological polar surface area (TPSA) is 31.5 Å². The maximum absolute atomic E-state index is 2.21. The summed E-state index contributed by atoms with van der Waals surface area (Å²) >= 11 is 0. The Hall–Kier alpha value is -0.300. The number of rotatable bonds is 2. The molecular weight excluding hydrogens is 112 g/mol. The van der Waals surface area contributed by atoms with E-state index in [2.05, 4.69) is 27.7 Å². The minimum atomic E-state index is 0. The van der Waals surface area contributed by atoms with E-state index in [0.29, 0.717) is 0 Å². The molecule has 0 fully saturated rings. The highest BCUT2D eigenvalue weighted by Crippen LogP contribution is 2.09. The van der Waals surface area contributed by atoms with Crippen LogP contribution in [0.4, 0.5) is 0 Å². The van der Waals surface area contributed by atoms with Crippen molar-refractivity contribution < 1.29 is 5.48 Å². The Bertz CT molecular complexity index is 80.7. The fourth-order valence-corrected chi connectivity index (χ4v) is 0.604. The minimum Gasteiger partial charge on any atom is -0.412 e. The van der Waals surface area contributed by atoms with Crippen molar-refractivity contribution in [1.29, 1.82) is 0 Å². The van der Waals surface area contributed by atoms with Crippen LogP contribution in [0, 0.1) is 0 Å². The van der Waals surface area contributed by atoms with Gasteiger partial charge in [0.2, 0.25) is 0 Å². The van der Waals surface area contributed by atoms with Crippen LogP contribution in [0.25, 0.3) is 0 Å². The Kier molecular flexibility index (Phi) is 7.44. The molecule has 1 nitrogen and oxygen atoms in total. The molecule has 0 bridgehead atoms. The molecule has 0 aromatic heterocycles. The van der Waals surface area contributed by atoms with Crippen molar-refractivity contribution in [2.45, 2.75) is 40.5 Å². The summed E-state index contributed by atoms with van der Waals surface area (Å²) in [6, 6.07) is 0. The molecule has 0 saturated carbocycles. The summed E-state index contributed by atoms with van der Waals surface area (Å²) in [4.78, 5) is 0. The van der Waals surface area contributed by atoms with Gasteiger partial charge in [-0.3, -0.25) is 0 Å². The first-order chi connectivity index (χ1) is 3.72. The lowest BCUT2D eigenvalue weighted by atomic mass is 10.1. The fourth-order valence-electron chi connectivity index (χ4n) is 0.604. The third kappa shape index (κ3) is 4.22. The first-order valence-corrected chi connectivity index (χ1v) is 3.37. The zero-order valence-electron chi connectivity index (χ0n) is 6.91. The van der Waals surface area contributed by atoms with E-state index >= 15 is 0 Å². The summed E-state index contributed by atoms with van der Waals surface area (Å²) in [6.07, 6.45) is 2.42. The van der Waals surface area contributed by atoms with E-state index in [9.17, 15) is 0 Å². The van der Waals surface area contributed by atoms with Crippen LogP contribution in [0.2, 0.25) is 0 Å². The van der Waals surface area contributed by atoms with Gasteiger partial charge in [0.15, 0.2) is 0 Å². The van der Waals surface area contributed by atoms with Crippen LogP contribution < -0.4 is 0 Å². The second-order valence-corrected chi connectivity index (χ2v) is 2.27. The van der Waals surface area contributed by atoms with Gasteiger partial charge in [0.1, 0.15) is 0 Å². The lowest BCUT2D eigenvalue weighted by Crippen LogP contribution is -1.78. The number of hydrogen-bond donors (Lipinski definition) is 0. The summed E-state index contributed by atoms with van der Waals surface area (Å²) in [6.45, 7) is 8.82. The molecule has 0 aromatic carbocycles. The lowest BCUT2D eigenvalue weighted by Gasteiger charge is -1.99. The molecule has 1 heteroatoms. The van der Waals surface area contributed by atoms with Crippen LogP contribution in [-0.2, 0) is 0 Å². The van der Waals surface area contributed by atoms with Crippen molar-refractivity contribution in [3.05, 3.63) is 11.1 Å². The van der Waals surface area contributed by atoms with E-state index in [1.807, 2.05) is 0 Å². The number of allylic oxidation sites excluding steroid dienone is 2. The van der Waals surface area contributed by atoms with Crippen molar-refractivity contribution in [2.75, 3.05) is 0 Å². The largest absolute Gasteiger partial charge is 0.412 e. The van der Waals surface area contributed by atoms with Gasteiger partial charge in [0.05, 0.1) is 0 Å². The quantitative estimate of drug-likeness (QED) is 0.514. The van der Waals surface area contributed by atoms with Crippen LogP contribution in [0.3, 0.4) is 0 Å². The second-order valence-electron chi connectivity index (χ2n) is 2.27. The SMILES string of the molecule is CC/C(C)=C(/C)CC.O. The highest BCUT2D eigenvalue weighted by Gasteiger charge is 1.88. The van der Waals surface area contributed by atoms with Gasteiger partial charge in [-0.1, -0.05) is 25.0 Å². The molecule has 0 aromatic rings. The molecule has 0 spiro atoms. The van der Waals surface area contributed by atoms with E-state index in [0.717, 1.165) is 0 Å². The Morgan fingerprint density at radius 1 is 0.889 bits per heavy atom. The Labute approximate surface area is 58.1 Å². The van der Waals surface area contributed by atoms with Crippen molar-refractivity contribution in [1.82, 2.24) is 0 Å². The molecule has 0 aliphatic rings. The molecule has 0 rings (SSSR count). The van der Waals surface area contributed by atoms with E-state index in [4.69, 9.17) is 0 Å². The summed E-state index contributed by atoms with van der Waals surface area (Å²) in [7, 11) is 0. The van der Waals surface area contributed by atoms with Crippen molar-refractivity contribution in [2.24, 2.45) is 0 Å². The lowest BCUT2D eigenvalue weighted by molar-refractivity contribution is 0.824. The van der Waals surface area contributed by atoms with Gasteiger partial charge in [-0.15, -0.1) is 0 Å². The van der Waals surface area contributed by atoms with Crippen LogP contribution in [-0.4, -0.2) is 5.48 Å². The molecule has 0 heterocycles. The van der Waals surface area contributed by atoms with E-state index in [1.54, 1.807) is 11.1 Å². The third-order valence-corrected chi connectivity index (χ3v) is 1.79. The summed E-state index contributed by atoms with van der Waals surface area (Å²) in [5.41, 5.74) is 3.10. The van der Waals surface area contributed by atoms with Gasteiger partial charge >= 0.3 is 0 Å². The zero-order chi connectivity index (χ0) is 6.57. The standard InChI is InChI=1S/C8H16.H2O/c1-5-7(3)8(4)6-2;/h5-6H2,1-4H3;1H2/b8-7-;. The van der Waals surface area contributed by atoms with Gasteiger partial charge in [0.25, 0.3) is 0 Å². The smallest absolute Gasteiger partial charge is 0.0349 e. The molecule has 0 radical (unpaired) electrons. The van der Waals surface area contributed by atoms with E-state index in [1.165, 1.54) is 12.8 Å². The van der Waals surface area contributed by atoms with Crippen molar-refractivity contribution in [3.8, 4) is 0 Å². The predicted octanol–water partition coefficient (Wildman–Crippen LogP) is 2.32. The first kappa shape index (κ1) is 11.5. The average molecular weight is 130 g/mol. The molecule has 0 saturated heterocycles. The van der Waals surface area contributed by atoms with E-state index < -0.39 is 0 Å². The molecule has 0 aliphatic carbocycles. The van der Waals surface area contributed by atoms with Gasteiger partial charge in [-0.25, -0.2) is 0 Å². The monoisotopic (exact) mass is 130 g/mol. The molecule has 9 heavy (non-hydrogen) atoms. The van der Waals surface area contributed by atoms with Crippen LogP contribution in [0.5, 0.6) is 0 Å². The second kappa shape index (κ2) is 5.83. The molecule has 0 aliphatic heterocycles. The normalized spacial score (nSPS) is 12.0. The maximum Gasteiger partial charge on any atom is -0.0349 e. The Balaban J connectivity index is 0. The third-order valence-electron chi connectivity index (χ3n) is 1.79. The highest BCUT2D eigenvalue weighted by molar-refractivity contribution is 5.07. The number of hydrogen-bond acceptors (Lipinski definition) is 0. The van der Waals surface area contributed by atoms with Crippen LogP contribution >= 0.6 is 0 Å². The molecule has 0 unspecified atom stereocenters. The molecule has 0 amide bonds. The van der Waals surface area contributed by atoms with Gasteiger partial charge in [0, 0.05) is 0 Å². The molecule has 0 atom stereocenters. The van der Waals surface area contributed by atoms with E-state index in [-0.39, 0.29) is 5.48 Å². The first-order valence-electron chi connectivity index (χ1n) is 3.37. The molecular formula is C8H18O. The predicted molar refractivity (Wildman–Crippen MR) is 42.6 cm³/mol. The van der Waals surface area contributed by atoms with Crippen LogP contribution in [0.15, 0.2) is 11.1 Å². The summed E-state index contributed by atoms with van der Waals surface area (Å²) in [5, 5.41) is 0. The van der Waals surface area contributed by atoms with Gasteiger partial charge in [-0.2, -0.15) is 0 Å². The maximum atomic E-state index is 2.21. The molecule has 56 valence electrons. The fraction of sp³-hybridized carbons (Fsp3) is 0.750. The van der Waals surface area contributed by atoms with Crippen molar-refractivity contribution in [3.63, 3.8) is 0 Å². The highest BCUT2D eigenvalue weighted by atomic mass is 16.0. The average Bonchev–Trinajstić information content (AvgIpc) is 1.84. The van der Waals surface area contributed by atoms with Crippen molar-refractivity contribution >= 4 is 0 Å². The van der Waals surface area contributed by atoms with Crippen LogP contribution in [0.1, 0.15) is 40.5 Å². The Morgan fingerprint density at radius 2 is 1.11 bits per heavy atom.